The highest BCUT2D eigenvalue weighted by Crippen LogP contribution is 2.17. The highest BCUT2D eigenvalue weighted by atomic mass is 16.4. The van der Waals surface area contributed by atoms with Crippen LogP contribution in [0.1, 0.15) is 23.7 Å². The van der Waals surface area contributed by atoms with Gasteiger partial charge in [0.1, 0.15) is 6.04 Å². The predicted octanol–water partition coefficient (Wildman–Crippen LogP) is 1.97. The maximum atomic E-state index is 12.4. The van der Waals surface area contributed by atoms with E-state index in [0.29, 0.717) is 11.1 Å². The summed E-state index contributed by atoms with van der Waals surface area (Å²) in [4.78, 5) is 27.9. The van der Waals surface area contributed by atoms with E-state index >= 15 is 0 Å². The van der Waals surface area contributed by atoms with Gasteiger partial charge in [0.05, 0.1) is 17.1 Å². The third kappa shape index (κ3) is 3.20. The van der Waals surface area contributed by atoms with Crippen LogP contribution in [0.25, 0.3) is 10.9 Å². The Hall–Kier alpha value is -2.94. The van der Waals surface area contributed by atoms with E-state index in [0.717, 1.165) is 5.39 Å². The largest absolute Gasteiger partial charge is 0.480 e. The van der Waals surface area contributed by atoms with Gasteiger partial charge < -0.3 is 10.4 Å². The third-order valence-electron chi connectivity index (χ3n) is 3.41. The normalized spacial score (nSPS) is 13.1. The number of benzene rings is 1. The summed E-state index contributed by atoms with van der Waals surface area (Å²) >= 11 is 0. The lowest BCUT2D eigenvalue weighted by atomic mass is 9.98. The summed E-state index contributed by atoms with van der Waals surface area (Å²) in [5, 5.41) is 21.2. The summed E-state index contributed by atoms with van der Waals surface area (Å²) in [5.74, 6) is -2.17. The van der Waals surface area contributed by atoms with Crippen molar-refractivity contribution in [2.24, 2.45) is 5.92 Å². The molecule has 0 radical (unpaired) electrons. The number of amides is 1. The number of nitrogens with one attached hydrogen (secondary N) is 1. The Morgan fingerprint density at radius 2 is 2.09 bits per heavy atom. The quantitative estimate of drug-likeness (QED) is 0.878. The third-order valence-corrected chi connectivity index (χ3v) is 3.41. The molecule has 0 aliphatic carbocycles. The van der Waals surface area contributed by atoms with Crippen LogP contribution in [-0.4, -0.2) is 28.0 Å². The van der Waals surface area contributed by atoms with E-state index in [1.54, 1.807) is 31.3 Å². The lowest BCUT2D eigenvalue weighted by molar-refractivity contribution is -0.140. The maximum Gasteiger partial charge on any atom is 0.326 e. The Labute approximate surface area is 127 Å². The fourth-order valence-corrected chi connectivity index (χ4v) is 2.22. The topological polar surface area (TPSA) is 103 Å². The summed E-state index contributed by atoms with van der Waals surface area (Å²) in [6, 6.07) is 9.52. The number of rotatable bonds is 5. The second-order valence-corrected chi connectivity index (χ2v) is 5.01. The fraction of sp³-hybridized carbons (Fsp3) is 0.250. The van der Waals surface area contributed by atoms with Crippen molar-refractivity contribution in [2.45, 2.75) is 19.4 Å². The van der Waals surface area contributed by atoms with Crippen LogP contribution in [0.4, 0.5) is 0 Å². The van der Waals surface area contributed by atoms with Gasteiger partial charge in [0.2, 0.25) is 0 Å². The highest BCUT2D eigenvalue weighted by molar-refractivity contribution is 6.06. The van der Waals surface area contributed by atoms with Gasteiger partial charge in [-0.1, -0.05) is 25.1 Å². The molecule has 0 spiro atoms. The molecule has 1 aromatic heterocycles. The van der Waals surface area contributed by atoms with Crippen LogP contribution in [0.5, 0.6) is 0 Å². The number of pyridine rings is 1. The molecule has 1 amide bonds. The van der Waals surface area contributed by atoms with Crippen LogP contribution in [-0.2, 0) is 4.79 Å². The second kappa shape index (κ2) is 6.68. The summed E-state index contributed by atoms with van der Waals surface area (Å²) in [5.41, 5.74) is 0.827. The number of aliphatic carboxylic acids is 1. The molecule has 0 fully saturated rings. The van der Waals surface area contributed by atoms with Crippen LogP contribution in [0.3, 0.4) is 0 Å². The molecule has 0 bridgehead atoms. The first-order valence-electron chi connectivity index (χ1n) is 6.79. The lowest BCUT2D eigenvalue weighted by Gasteiger charge is -2.19. The van der Waals surface area contributed by atoms with Gasteiger partial charge >= 0.3 is 5.97 Å². The Morgan fingerprint density at radius 3 is 2.77 bits per heavy atom. The van der Waals surface area contributed by atoms with Gasteiger partial charge in [-0.25, -0.2) is 4.79 Å². The minimum Gasteiger partial charge on any atom is -0.480 e. The lowest BCUT2D eigenvalue weighted by Crippen LogP contribution is -2.45. The standard InChI is InChI=1S/C16H15N3O3/c1-10(7-8-17)13(16(21)22)19-15(20)12-6-2-4-11-5-3-9-18-14(11)12/h2-6,9-10,13H,7H2,1H3,(H,19,20)(H,21,22)/t10-,13-/m1/s1. The molecule has 0 unspecified atom stereocenters. The monoisotopic (exact) mass is 297 g/mol. The number of fused-ring (bicyclic) bond motifs is 1. The smallest absolute Gasteiger partial charge is 0.326 e. The van der Waals surface area contributed by atoms with Gasteiger partial charge in [-0.2, -0.15) is 5.26 Å². The van der Waals surface area contributed by atoms with E-state index < -0.39 is 23.8 Å². The van der Waals surface area contributed by atoms with E-state index in [4.69, 9.17) is 5.26 Å². The molecule has 0 aliphatic heterocycles. The first-order valence-corrected chi connectivity index (χ1v) is 6.79. The number of carbonyl (C=O) groups is 2. The minimum absolute atomic E-state index is 0.0467. The number of para-hydroxylation sites is 1. The molecule has 2 atom stereocenters. The first-order chi connectivity index (χ1) is 10.5. The fourth-order valence-electron chi connectivity index (χ4n) is 2.22. The molecular weight excluding hydrogens is 282 g/mol. The van der Waals surface area contributed by atoms with E-state index in [1.165, 1.54) is 0 Å². The summed E-state index contributed by atoms with van der Waals surface area (Å²) in [7, 11) is 0. The number of hydrogen-bond donors (Lipinski definition) is 2. The molecule has 112 valence electrons. The van der Waals surface area contributed by atoms with Gasteiger partial charge in [0.25, 0.3) is 5.91 Å². The van der Waals surface area contributed by atoms with Crippen molar-refractivity contribution < 1.29 is 14.7 Å². The van der Waals surface area contributed by atoms with Crippen LogP contribution in [0, 0.1) is 17.2 Å². The number of hydrogen-bond acceptors (Lipinski definition) is 4. The number of aromatic nitrogens is 1. The molecule has 22 heavy (non-hydrogen) atoms. The van der Waals surface area contributed by atoms with Gasteiger partial charge in [-0.05, 0) is 12.1 Å². The van der Waals surface area contributed by atoms with Gasteiger partial charge in [0, 0.05) is 23.9 Å². The molecule has 6 nitrogen and oxygen atoms in total. The van der Waals surface area contributed by atoms with Gasteiger partial charge in [0.15, 0.2) is 0 Å². The van der Waals surface area contributed by atoms with E-state index in [1.807, 2.05) is 18.2 Å². The molecule has 0 saturated carbocycles. The second-order valence-electron chi connectivity index (χ2n) is 5.01. The Balaban J connectivity index is 2.30. The summed E-state index contributed by atoms with van der Waals surface area (Å²) in [6.07, 6.45) is 1.62. The van der Waals surface area contributed by atoms with E-state index in [9.17, 15) is 14.7 Å². The van der Waals surface area contributed by atoms with E-state index in [2.05, 4.69) is 10.3 Å². The first kappa shape index (κ1) is 15.4. The molecule has 2 N–H and O–H groups in total. The molecule has 6 heteroatoms. The zero-order chi connectivity index (χ0) is 16.1. The molecule has 1 heterocycles. The number of carbonyl (C=O) groups excluding carboxylic acids is 1. The predicted molar refractivity (Wildman–Crippen MR) is 80.0 cm³/mol. The molecule has 2 aromatic rings. The van der Waals surface area contributed by atoms with Crippen molar-refractivity contribution in [1.29, 1.82) is 5.26 Å². The van der Waals surface area contributed by atoms with Gasteiger partial charge in [-0.15, -0.1) is 0 Å². The van der Waals surface area contributed by atoms with Crippen LogP contribution >= 0.6 is 0 Å². The zero-order valence-electron chi connectivity index (χ0n) is 12.0. The van der Waals surface area contributed by atoms with Crippen molar-refractivity contribution >= 4 is 22.8 Å². The summed E-state index contributed by atoms with van der Waals surface area (Å²) in [6.45, 7) is 1.61. The SMILES string of the molecule is C[C@H](CC#N)[C@@H](NC(=O)c1cccc2cccnc12)C(=O)O. The van der Waals surface area contributed by atoms with Gasteiger partial charge in [-0.3, -0.25) is 9.78 Å². The molecule has 1 aromatic carbocycles. The van der Waals surface area contributed by atoms with Crippen molar-refractivity contribution in [1.82, 2.24) is 10.3 Å². The van der Waals surface area contributed by atoms with E-state index in [-0.39, 0.29) is 6.42 Å². The van der Waals surface area contributed by atoms with Crippen molar-refractivity contribution in [3.05, 3.63) is 42.1 Å². The van der Waals surface area contributed by atoms with Crippen molar-refractivity contribution in [3.63, 3.8) is 0 Å². The Kier molecular flexibility index (Phi) is 4.69. The van der Waals surface area contributed by atoms with Crippen LogP contribution in [0.15, 0.2) is 36.5 Å². The number of carboxylic acid groups (broad SMARTS) is 1. The Morgan fingerprint density at radius 1 is 1.36 bits per heavy atom. The van der Waals surface area contributed by atoms with Crippen LogP contribution in [0.2, 0.25) is 0 Å². The van der Waals surface area contributed by atoms with Crippen molar-refractivity contribution in [3.8, 4) is 6.07 Å². The average molecular weight is 297 g/mol. The number of nitrogens with zero attached hydrogens (tertiary/aromatic N) is 2. The molecule has 0 saturated heterocycles. The zero-order valence-corrected chi connectivity index (χ0v) is 12.0. The molecular formula is C16H15N3O3. The summed E-state index contributed by atoms with van der Waals surface area (Å²) < 4.78 is 0. The van der Waals surface area contributed by atoms with Crippen molar-refractivity contribution in [2.75, 3.05) is 0 Å². The highest BCUT2D eigenvalue weighted by Gasteiger charge is 2.27. The maximum absolute atomic E-state index is 12.4. The average Bonchev–Trinajstić information content (AvgIpc) is 2.51. The molecule has 2 rings (SSSR count). The number of nitriles is 1. The minimum atomic E-state index is -1.16. The Bertz CT molecular complexity index is 746. The molecule has 0 aliphatic rings. The van der Waals surface area contributed by atoms with Crippen LogP contribution < -0.4 is 5.32 Å². The number of carboxylic acids is 1.